The number of aliphatic hydroxyl groups excluding tert-OH is 1. The fourth-order valence-electron chi connectivity index (χ4n) is 4.63. The molecule has 6 nitrogen and oxygen atoms in total. The van der Waals surface area contributed by atoms with E-state index in [0.717, 1.165) is 0 Å². The van der Waals surface area contributed by atoms with Crippen molar-refractivity contribution in [2.45, 2.75) is 31.2 Å². The lowest BCUT2D eigenvalue weighted by Gasteiger charge is -2.47. The van der Waals surface area contributed by atoms with Crippen molar-refractivity contribution >= 4 is 21.4 Å². The molecule has 9 heteroatoms. The van der Waals surface area contributed by atoms with Gasteiger partial charge in [0.2, 0.25) is 5.91 Å². The van der Waals surface area contributed by atoms with Crippen molar-refractivity contribution in [1.82, 2.24) is 5.32 Å². The van der Waals surface area contributed by atoms with Crippen LogP contribution in [0.2, 0.25) is 0 Å². The summed E-state index contributed by atoms with van der Waals surface area (Å²) >= 11 is 0. The lowest BCUT2D eigenvalue weighted by atomic mass is 9.81. The zero-order valence-corrected chi connectivity index (χ0v) is 15.6. The largest absolute Gasteiger partial charge is 0.394 e. The highest BCUT2D eigenvalue weighted by molar-refractivity contribution is 7.92. The zero-order valence-electron chi connectivity index (χ0n) is 14.7. The number of hydrogen-bond acceptors (Lipinski definition) is 5. The van der Waals surface area contributed by atoms with Gasteiger partial charge in [0.1, 0.15) is 17.3 Å². The Morgan fingerprint density at radius 2 is 1.78 bits per heavy atom. The number of halogens is 2. The number of rotatable bonds is 3. The molecule has 27 heavy (non-hydrogen) atoms. The molecule has 1 spiro atoms. The fraction of sp³-hybridized carbons (Fsp3) is 0.611. The van der Waals surface area contributed by atoms with Crippen LogP contribution >= 0.6 is 0 Å². The Hall–Kier alpha value is -1.74. The molecule has 1 unspecified atom stereocenters. The van der Waals surface area contributed by atoms with Crippen molar-refractivity contribution in [2.24, 2.45) is 5.41 Å². The fourth-order valence-corrected chi connectivity index (χ4v) is 6.99. The number of piperidine rings is 1. The topological polar surface area (TPSA) is 86.7 Å². The van der Waals surface area contributed by atoms with E-state index in [0.29, 0.717) is 32.4 Å². The van der Waals surface area contributed by atoms with Crippen LogP contribution in [-0.4, -0.2) is 56.7 Å². The minimum absolute atomic E-state index is 0.118. The van der Waals surface area contributed by atoms with Gasteiger partial charge in [0.15, 0.2) is 9.84 Å². The highest BCUT2D eigenvalue weighted by Crippen LogP contribution is 2.44. The Morgan fingerprint density at radius 1 is 1.19 bits per heavy atom. The quantitative estimate of drug-likeness (QED) is 0.789. The van der Waals surface area contributed by atoms with E-state index in [1.54, 1.807) is 4.90 Å². The molecule has 2 atom stereocenters. The summed E-state index contributed by atoms with van der Waals surface area (Å²) < 4.78 is 52.4. The number of hydrogen-bond donors (Lipinski definition) is 2. The van der Waals surface area contributed by atoms with Crippen LogP contribution in [0.1, 0.15) is 30.7 Å². The van der Waals surface area contributed by atoms with Gasteiger partial charge in [-0.15, -0.1) is 0 Å². The van der Waals surface area contributed by atoms with Gasteiger partial charge in [-0.25, -0.2) is 17.2 Å². The van der Waals surface area contributed by atoms with Gasteiger partial charge < -0.3 is 15.3 Å². The molecule has 3 heterocycles. The van der Waals surface area contributed by atoms with Gasteiger partial charge in [0.05, 0.1) is 30.1 Å². The monoisotopic (exact) mass is 400 g/mol. The lowest BCUT2D eigenvalue weighted by Crippen LogP contribution is -2.54. The third-order valence-electron chi connectivity index (χ3n) is 6.04. The van der Waals surface area contributed by atoms with Crippen LogP contribution in [0.5, 0.6) is 0 Å². The second kappa shape index (κ2) is 6.41. The zero-order chi connectivity index (χ0) is 19.4. The molecule has 0 aliphatic carbocycles. The lowest BCUT2D eigenvalue weighted by molar-refractivity contribution is -0.120. The first-order valence-electron chi connectivity index (χ1n) is 9.07. The van der Waals surface area contributed by atoms with Gasteiger partial charge in [-0.1, -0.05) is 0 Å². The molecule has 1 aromatic rings. The van der Waals surface area contributed by atoms with Crippen LogP contribution in [0.4, 0.5) is 14.5 Å². The summed E-state index contributed by atoms with van der Waals surface area (Å²) in [7, 11) is -2.94. The normalized spacial score (nSPS) is 28.9. The smallest absolute Gasteiger partial charge is 0.227 e. The number of amides is 1. The van der Waals surface area contributed by atoms with Crippen LogP contribution in [0.15, 0.2) is 12.1 Å². The van der Waals surface area contributed by atoms with E-state index in [1.165, 1.54) is 12.1 Å². The molecule has 0 saturated carbocycles. The predicted molar refractivity (Wildman–Crippen MR) is 95.3 cm³/mol. The van der Waals surface area contributed by atoms with Crippen molar-refractivity contribution in [2.75, 3.05) is 36.1 Å². The summed E-state index contributed by atoms with van der Waals surface area (Å²) in [5, 5.41) is 11.8. The van der Waals surface area contributed by atoms with E-state index in [-0.39, 0.29) is 40.7 Å². The summed E-state index contributed by atoms with van der Waals surface area (Å²) in [6, 6.07) is 1.99. The number of carbonyl (C=O) groups is 1. The summed E-state index contributed by atoms with van der Waals surface area (Å²) in [5.74, 6) is -2.12. The predicted octanol–water partition coefficient (Wildman–Crippen LogP) is 0.944. The molecule has 1 amide bonds. The maximum Gasteiger partial charge on any atom is 0.227 e. The van der Waals surface area contributed by atoms with Crippen molar-refractivity contribution < 1.29 is 27.1 Å². The molecule has 2 N–H and O–H groups in total. The third-order valence-corrected chi connectivity index (χ3v) is 8.14. The van der Waals surface area contributed by atoms with Gasteiger partial charge in [0, 0.05) is 18.5 Å². The Balaban J connectivity index is 1.51. The minimum atomic E-state index is -2.94. The first kappa shape index (κ1) is 18.6. The number of aliphatic hydroxyl groups is 1. The summed E-state index contributed by atoms with van der Waals surface area (Å²) in [6.45, 7) is 0.592. The first-order chi connectivity index (χ1) is 12.7. The molecule has 3 aliphatic rings. The van der Waals surface area contributed by atoms with Crippen LogP contribution in [0, 0.1) is 17.0 Å². The number of carbonyl (C=O) groups excluding carboxylic acids is 1. The maximum atomic E-state index is 14.7. The summed E-state index contributed by atoms with van der Waals surface area (Å²) in [4.78, 5) is 13.6. The number of sulfone groups is 1. The van der Waals surface area contributed by atoms with Crippen LogP contribution < -0.4 is 10.2 Å². The van der Waals surface area contributed by atoms with E-state index in [2.05, 4.69) is 5.32 Å². The maximum absolute atomic E-state index is 14.7. The van der Waals surface area contributed by atoms with Gasteiger partial charge in [-0.3, -0.25) is 4.79 Å². The van der Waals surface area contributed by atoms with Crippen molar-refractivity contribution in [1.29, 1.82) is 0 Å². The molecule has 4 rings (SSSR count). The van der Waals surface area contributed by atoms with Crippen LogP contribution in [-0.2, 0) is 14.6 Å². The highest BCUT2D eigenvalue weighted by Gasteiger charge is 2.49. The van der Waals surface area contributed by atoms with E-state index in [9.17, 15) is 22.0 Å². The average Bonchev–Trinajstić information content (AvgIpc) is 2.95. The number of anilines is 1. The standard InChI is InChI=1S/C18H22F2N2O4S/c19-14-5-11(13-7-12(8-23)21-17(13)24)6-15(20)16(14)22-3-1-18(2-4-22)9-27(25,26)10-18/h5-6,12-13,23H,1-4,7-10H2,(H,21,24)/t12?,13-/m1/s1. The number of nitrogens with one attached hydrogen (secondary N) is 1. The average molecular weight is 400 g/mol. The third kappa shape index (κ3) is 3.31. The Bertz CT molecular complexity index is 844. The second-order valence-corrected chi connectivity index (χ2v) is 10.1. The first-order valence-corrected chi connectivity index (χ1v) is 10.9. The van der Waals surface area contributed by atoms with E-state index in [1.807, 2.05) is 0 Å². The minimum Gasteiger partial charge on any atom is -0.394 e. The SMILES string of the molecule is O=C1NC(CO)C[C@@H]1c1cc(F)c(N2CCC3(CC2)CS(=O)(=O)C3)c(F)c1. The Kier molecular flexibility index (Phi) is 4.42. The van der Waals surface area contributed by atoms with Gasteiger partial charge in [0.25, 0.3) is 0 Å². The van der Waals surface area contributed by atoms with Crippen molar-refractivity contribution in [3.05, 3.63) is 29.3 Å². The van der Waals surface area contributed by atoms with E-state index < -0.39 is 33.4 Å². The van der Waals surface area contributed by atoms with Gasteiger partial charge in [-0.2, -0.15) is 0 Å². The Morgan fingerprint density at radius 3 is 2.26 bits per heavy atom. The highest BCUT2D eigenvalue weighted by atomic mass is 32.2. The molecule has 0 aromatic heterocycles. The number of benzene rings is 1. The molecule has 3 aliphatic heterocycles. The second-order valence-electron chi connectivity index (χ2n) is 8.03. The number of nitrogens with zero attached hydrogens (tertiary/aromatic N) is 1. The van der Waals surface area contributed by atoms with Crippen LogP contribution in [0.25, 0.3) is 0 Å². The summed E-state index contributed by atoms with van der Waals surface area (Å²) in [6.07, 6.45) is 1.49. The molecule has 3 fully saturated rings. The molecular weight excluding hydrogens is 378 g/mol. The Labute approximate surface area is 156 Å². The molecule has 3 saturated heterocycles. The molecule has 1 aromatic carbocycles. The molecular formula is C18H22F2N2O4S. The van der Waals surface area contributed by atoms with Crippen LogP contribution in [0.3, 0.4) is 0 Å². The van der Waals surface area contributed by atoms with Crippen molar-refractivity contribution in [3.63, 3.8) is 0 Å². The van der Waals surface area contributed by atoms with Gasteiger partial charge >= 0.3 is 0 Å². The van der Waals surface area contributed by atoms with Gasteiger partial charge in [-0.05, 0) is 37.0 Å². The summed E-state index contributed by atoms with van der Waals surface area (Å²) in [5.41, 5.74) is -0.0858. The van der Waals surface area contributed by atoms with E-state index >= 15 is 0 Å². The van der Waals surface area contributed by atoms with E-state index in [4.69, 9.17) is 5.11 Å². The van der Waals surface area contributed by atoms with Crippen molar-refractivity contribution in [3.8, 4) is 0 Å². The molecule has 0 radical (unpaired) electrons. The molecule has 0 bridgehead atoms. The molecule has 148 valence electrons.